The van der Waals surface area contributed by atoms with Crippen LogP contribution < -0.4 is 10.1 Å². The van der Waals surface area contributed by atoms with Crippen molar-refractivity contribution in [1.82, 2.24) is 5.32 Å². The molecule has 0 saturated carbocycles. The highest BCUT2D eigenvalue weighted by Gasteiger charge is 2.22. The van der Waals surface area contributed by atoms with Gasteiger partial charge in [0.2, 0.25) is 0 Å². The summed E-state index contributed by atoms with van der Waals surface area (Å²) < 4.78 is 14.9. The van der Waals surface area contributed by atoms with Crippen molar-refractivity contribution in [2.45, 2.75) is 26.4 Å². The second-order valence-corrected chi connectivity index (χ2v) is 6.21. The Hall–Kier alpha value is -2.55. The summed E-state index contributed by atoms with van der Waals surface area (Å²) in [5.41, 5.74) is -1.20. The first-order chi connectivity index (χ1) is 11.5. The molecule has 0 aromatic heterocycles. The lowest BCUT2D eigenvalue weighted by molar-refractivity contribution is -0.384. The van der Waals surface area contributed by atoms with Gasteiger partial charge in [-0.3, -0.25) is 10.1 Å². The van der Waals surface area contributed by atoms with Crippen molar-refractivity contribution in [2.24, 2.45) is 0 Å². The van der Waals surface area contributed by atoms with Crippen LogP contribution in [0.4, 0.5) is 10.5 Å². The van der Waals surface area contributed by atoms with E-state index >= 15 is 0 Å². The number of benzene rings is 1. The molecule has 0 saturated heterocycles. The number of nitro groups is 1. The highest BCUT2D eigenvalue weighted by atomic mass is 35.5. The van der Waals surface area contributed by atoms with Crippen molar-refractivity contribution in [3.8, 4) is 5.75 Å². The molecule has 1 rings (SSSR count). The number of nitro benzene ring substituents is 1. The minimum absolute atomic E-state index is 0.0409. The topological polar surface area (TPSA) is 117 Å². The SMILES string of the molecule is COC(=O)c1cc(OCCNC(=O)OC(C)(C)C)c(Cl)c([N+](=O)[O-])c1. The van der Waals surface area contributed by atoms with E-state index in [0.717, 1.165) is 13.2 Å². The van der Waals surface area contributed by atoms with E-state index in [-0.39, 0.29) is 29.5 Å². The summed E-state index contributed by atoms with van der Waals surface area (Å²) in [6, 6.07) is 2.23. The average Bonchev–Trinajstić information content (AvgIpc) is 2.50. The maximum absolute atomic E-state index is 11.6. The second-order valence-electron chi connectivity index (χ2n) is 5.83. The molecule has 9 nitrogen and oxygen atoms in total. The van der Waals surface area contributed by atoms with Gasteiger partial charge in [-0.1, -0.05) is 11.6 Å². The minimum atomic E-state index is -0.767. The Morgan fingerprint density at radius 3 is 2.48 bits per heavy atom. The van der Waals surface area contributed by atoms with E-state index in [9.17, 15) is 19.7 Å². The highest BCUT2D eigenvalue weighted by Crippen LogP contribution is 2.35. The van der Waals surface area contributed by atoms with E-state index in [4.69, 9.17) is 21.1 Å². The van der Waals surface area contributed by atoms with Crippen LogP contribution in [0.3, 0.4) is 0 Å². The number of nitrogens with one attached hydrogen (secondary N) is 1. The molecule has 0 aliphatic rings. The molecule has 0 unspecified atom stereocenters. The Morgan fingerprint density at radius 2 is 1.96 bits per heavy atom. The number of hydrogen-bond donors (Lipinski definition) is 1. The van der Waals surface area contributed by atoms with Gasteiger partial charge in [0.1, 0.15) is 18.0 Å². The summed E-state index contributed by atoms with van der Waals surface area (Å²) in [7, 11) is 1.15. The lowest BCUT2D eigenvalue weighted by Crippen LogP contribution is -2.34. The van der Waals surface area contributed by atoms with Crippen LogP contribution in [-0.2, 0) is 9.47 Å². The predicted octanol–water partition coefficient (Wildman–Crippen LogP) is 2.94. The summed E-state index contributed by atoms with van der Waals surface area (Å²) in [5, 5.41) is 13.2. The quantitative estimate of drug-likeness (QED) is 0.352. The number of esters is 1. The summed E-state index contributed by atoms with van der Waals surface area (Å²) in [6.07, 6.45) is -0.628. The third-order valence-electron chi connectivity index (χ3n) is 2.67. The number of alkyl carbamates (subject to hydrolysis) is 1. The number of ether oxygens (including phenoxy) is 3. The molecule has 0 aliphatic heterocycles. The van der Waals surface area contributed by atoms with Crippen molar-refractivity contribution < 1.29 is 28.7 Å². The Kier molecular flexibility index (Phi) is 6.98. The van der Waals surface area contributed by atoms with Crippen LogP contribution in [0.2, 0.25) is 5.02 Å². The largest absolute Gasteiger partial charge is 0.490 e. The molecule has 0 spiro atoms. The predicted molar refractivity (Wildman–Crippen MR) is 89.2 cm³/mol. The maximum atomic E-state index is 11.6. The minimum Gasteiger partial charge on any atom is -0.490 e. The summed E-state index contributed by atoms with van der Waals surface area (Å²) >= 11 is 5.92. The van der Waals surface area contributed by atoms with E-state index in [1.165, 1.54) is 6.07 Å². The van der Waals surface area contributed by atoms with Crippen molar-refractivity contribution in [3.63, 3.8) is 0 Å². The monoisotopic (exact) mass is 374 g/mol. The number of rotatable bonds is 6. The van der Waals surface area contributed by atoms with Crippen molar-refractivity contribution in [2.75, 3.05) is 20.3 Å². The number of halogens is 1. The van der Waals surface area contributed by atoms with Gasteiger partial charge in [0, 0.05) is 6.07 Å². The summed E-state index contributed by atoms with van der Waals surface area (Å²) in [4.78, 5) is 33.4. The Labute approximate surface area is 149 Å². The Bertz CT molecular complexity index is 671. The standard InChI is InChI=1S/C15H19ClN2O7/c1-15(2,3)25-14(20)17-5-6-24-11-8-9(13(19)23-4)7-10(12(11)16)18(21)22/h7-8H,5-6H2,1-4H3,(H,17,20). The van der Waals surface area contributed by atoms with Gasteiger partial charge in [0.25, 0.3) is 5.69 Å². The van der Waals surface area contributed by atoms with Gasteiger partial charge in [0.05, 0.1) is 24.1 Å². The zero-order valence-corrected chi connectivity index (χ0v) is 15.0. The number of hydrogen-bond acceptors (Lipinski definition) is 7. The van der Waals surface area contributed by atoms with Gasteiger partial charge in [-0.25, -0.2) is 9.59 Å². The summed E-state index contributed by atoms with van der Waals surface area (Å²) in [5.74, 6) is -0.834. The third kappa shape index (κ3) is 6.46. The molecule has 25 heavy (non-hydrogen) atoms. The molecule has 138 valence electrons. The number of amides is 1. The van der Waals surface area contributed by atoms with Gasteiger partial charge in [-0.15, -0.1) is 0 Å². The van der Waals surface area contributed by atoms with Crippen LogP contribution in [0.25, 0.3) is 0 Å². The number of methoxy groups -OCH3 is 1. The lowest BCUT2D eigenvalue weighted by Gasteiger charge is -2.19. The first kappa shape index (κ1) is 20.5. The highest BCUT2D eigenvalue weighted by molar-refractivity contribution is 6.34. The molecule has 0 aliphatic carbocycles. The molecular formula is C15H19ClN2O7. The fourth-order valence-electron chi connectivity index (χ4n) is 1.68. The Balaban J connectivity index is 2.78. The fraction of sp³-hybridized carbons (Fsp3) is 0.467. The van der Waals surface area contributed by atoms with E-state index in [2.05, 4.69) is 10.1 Å². The zero-order chi connectivity index (χ0) is 19.2. The molecule has 0 radical (unpaired) electrons. The van der Waals surface area contributed by atoms with Gasteiger partial charge in [0.15, 0.2) is 5.02 Å². The fourth-order valence-corrected chi connectivity index (χ4v) is 1.92. The third-order valence-corrected chi connectivity index (χ3v) is 3.05. The molecule has 1 aromatic rings. The van der Waals surface area contributed by atoms with Crippen LogP contribution in [0, 0.1) is 10.1 Å². The molecule has 1 N–H and O–H groups in total. The van der Waals surface area contributed by atoms with Crippen molar-refractivity contribution in [1.29, 1.82) is 0 Å². The lowest BCUT2D eigenvalue weighted by atomic mass is 10.2. The van der Waals surface area contributed by atoms with E-state index in [0.29, 0.717) is 0 Å². The van der Waals surface area contributed by atoms with Crippen LogP contribution in [0.5, 0.6) is 5.75 Å². The maximum Gasteiger partial charge on any atom is 0.407 e. The molecule has 1 aromatic carbocycles. The van der Waals surface area contributed by atoms with Crippen LogP contribution in [-0.4, -0.2) is 42.8 Å². The molecular weight excluding hydrogens is 356 g/mol. The molecule has 10 heteroatoms. The average molecular weight is 375 g/mol. The molecule has 0 heterocycles. The van der Waals surface area contributed by atoms with Crippen molar-refractivity contribution in [3.05, 3.63) is 32.8 Å². The normalized spacial score (nSPS) is 10.8. The van der Waals surface area contributed by atoms with E-state index < -0.39 is 28.3 Å². The Morgan fingerprint density at radius 1 is 1.32 bits per heavy atom. The summed E-state index contributed by atoms with van der Waals surface area (Å²) in [6.45, 7) is 5.20. The van der Waals surface area contributed by atoms with Crippen molar-refractivity contribution >= 4 is 29.4 Å². The van der Waals surface area contributed by atoms with Gasteiger partial charge < -0.3 is 19.5 Å². The van der Waals surface area contributed by atoms with Crippen LogP contribution >= 0.6 is 11.6 Å². The molecule has 0 atom stereocenters. The first-order valence-corrected chi connectivity index (χ1v) is 7.59. The number of nitrogens with zero attached hydrogens (tertiary/aromatic N) is 1. The number of carbonyl (C=O) groups is 2. The number of carbonyl (C=O) groups excluding carboxylic acids is 2. The zero-order valence-electron chi connectivity index (χ0n) is 14.3. The van der Waals surface area contributed by atoms with Gasteiger partial charge in [-0.05, 0) is 26.8 Å². The first-order valence-electron chi connectivity index (χ1n) is 7.21. The van der Waals surface area contributed by atoms with Gasteiger partial charge >= 0.3 is 12.1 Å². The smallest absolute Gasteiger partial charge is 0.407 e. The van der Waals surface area contributed by atoms with Crippen LogP contribution in [0.1, 0.15) is 31.1 Å². The molecule has 1 amide bonds. The van der Waals surface area contributed by atoms with E-state index in [1.54, 1.807) is 20.8 Å². The second kappa shape index (κ2) is 8.52. The molecule has 0 fully saturated rings. The van der Waals surface area contributed by atoms with Crippen LogP contribution in [0.15, 0.2) is 12.1 Å². The van der Waals surface area contributed by atoms with E-state index in [1.807, 2.05) is 0 Å². The molecule has 0 bridgehead atoms. The van der Waals surface area contributed by atoms with Gasteiger partial charge in [-0.2, -0.15) is 0 Å².